The summed E-state index contributed by atoms with van der Waals surface area (Å²) >= 11 is 0. The highest BCUT2D eigenvalue weighted by Crippen LogP contribution is 2.58. The maximum atomic E-state index is 12.5. The topological polar surface area (TPSA) is 35.5 Å². The fraction of sp³-hybridized carbons (Fsp3) is 0.706. The van der Waals surface area contributed by atoms with E-state index in [1.165, 1.54) is 5.57 Å². The minimum absolute atomic E-state index is 0.0660. The van der Waals surface area contributed by atoms with Crippen molar-refractivity contribution in [2.45, 2.75) is 70.2 Å². The Bertz CT molecular complexity index is 541. The van der Waals surface area contributed by atoms with Crippen molar-refractivity contribution in [2.24, 2.45) is 5.92 Å². The van der Waals surface area contributed by atoms with Crippen LogP contribution in [0.2, 0.25) is 19.6 Å². The van der Waals surface area contributed by atoms with Crippen molar-refractivity contribution in [2.75, 3.05) is 0 Å². The van der Waals surface area contributed by atoms with Gasteiger partial charge in [-0.1, -0.05) is 25.7 Å². The Balaban J connectivity index is 2.12. The van der Waals surface area contributed by atoms with E-state index in [1.807, 2.05) is 19.9 Å². The molecule has 0 unspecified atom stereocenters. The first-order chi connectivity index (χ1) is 9.60. The number of ether oxygens (including phenoxy) is 2. The Kier molecular flexibility index (Phi) is 3.18. The van der Waals surface area contributed by atoms with E-state index in [0.717, 1.165) is 18.0 Å². The Morgan fingerprint density at radius 1 is 1.38 bits per heavy atom. The molecule has 1 heterocycles. The van der Waals surface area contributed by atoms with Gasteiger partial charge in [-0.05, 0) is 43.4 Å². The van der Waals surface area contributed by atoms with E-state index in [1.54, 1.807) is 0 Å². The highest BCUT2D eigenvalue weighted by molar-refractivity contribution is 6.87. The number of ketones is 1. The largest absolute Gasteiger partial charge is 0.341 e. The number of carbonyl (C=O) groups excluding carboxylic acids is 1. The van der Waals surface area contributed by atoms with E-state index >= 15 is 0 Å². The third-order valence-corrected chi connectivity index (χ3v) is 6.95. The number of allylic oxidation sites excluding steroid dienone is 1. The van der Waals surface area contributed by atoms with E-state index in [2.05, 4.69) is 26.2 Å². The summed E-state index contributed by atoms with van der Waals surface area (Å²) in [5.74, 6) is 0.0944. The zero-order chi connectivity index (χ0) is 15.6. The molecule has 0 aromatic heterocycles. The summed E-state index contributed by atoms with van der Waals surface area (Å²) in [6.07, 6.45) is 4.19. The van der Waals surface area contributed by atoms with Crippen LogP contribution in [0.5, 0.6) is 0 Å². The molecular formula is C17H26O3Si. The van der Waals surface area contributed by atoms with Crippen LogP contribution in [-0.2, 0) is 14.3 Å². The molecule has 0 bridgehead atoms. The zero-order valence-corrected chi connectivity index (χ0v) is 14.8. The molecule has 1 aliphatic heterocycles. The smallest absolute Gasteiger partial charge is 0.164 e. The van der Waals surface area contributed by atoms with E-state index < -0.39 is 13.9 Å². The third kappa shape index (κ3) is 2.19. The predicted molar refractivity (Wildman–Crippen MR) is 85.7 cm³/mol. The lowest BCUT2D eigenvalue weighted by atomic mass is 9.93. The first-order valence-electron chi connectivity index (χ1n) is 7.86. The molecule has 0 N–H and O–H groups in total. The second-order valence-electron chi connectivity index (χ2n) is 8.17. The van der Waals surface area contributed by atoms with Gasteiger partial charge in [0.15, 0.2) is 11.6 Å². The molecule has 2 aliphatic carbocycles. The Morgan fingerprint density at radius 2 is 2.05 bits per heavy atom. The van der Waals surface area contributed by atoms with Gasteiger partial charge in [-0.2, -0.15) is 0 Å². The van der Waals surface area contributed by atoms with Crippen molar-refractivity contribution in [3.63, 3.8) is 0 Å². The van der Waals surface area contributed by atoms with E-state index in [4.69, 9.17) is 9.47 Å². The molecule has 4 heteroatoms. The number of carbonyl (C=O) groups is 1. The van der Waals surface area contributed by atoms with Gasteiger partial charge in [0.25, 0.3) is 0 Å². The maximum Gasteiger partial charge on any atom is 0.164 e. The molecule has 116 valence electrons. The normalized spacial score (nSPS) is 37.9. The van der Waals surface area contributed by atoms with Crippen LogP contribution in [0.4, 0.5) is 0 Å². The fourth-order valence-corrected chi connectivity index (χ4v) is 6.67. The molecule has 3 rings (SSSR count). The summed E-state index contributed by atoms with van der Waals surface area (Å²) in [4.78, 5) is 12.5. The summed E-state index contributed by atoms with van der Waals surface area (Å²) in [6.45, 7) is 14.6. The molecule has 0 aromatic rings. The van der Waals surface area contributed by atoms with Gasteiger partial charge in [0, 0.05) is 6.42 Å². The van der Waals surface area contributed by atoms with Crippen LogP contribution in [0, 0.1) is 5.92 Å². The first kappa shape index (κ1) is 15.2. The number of hydrogen-bond acceptors (Lipinski definition) is 3. The minimum atomic E-state index is -1.67. The molecule has 3 aliphatic rings. The average Bonchev–Trinajstić information content (AvgIpc) is 2.80. The Labute approximate surface area is 128 Å². The third-order valence-electron chi connectivity index (χ3n) is 4.88. The molecule has 21 heavy (non-hydrogen) atoms. The van der Waals surface area contributed by atoms with Gasteiger partial charge in [0.2, 0.25) is 0 Å². The summed E-state index contributed by atoms with van der Waals surface area (Å²) < 4.78 is 12.6. The lowest BCUT2D eigenvalue weighted by Gasteiger charge is -2.28. The number of fused-ring (bicyclic) bond motifs is 3. The Morgan fingerprint density at radius 3 is 2.62 bits per heavy atom. The van der Waals surface area contributed by atoms with Crippen molar-refractivity contribution in [3.8, 4) is 0 Å². The van der Waals surface area contributed by atoms with Crippen molar-refractivity contribution >= 4 is 13.9 Å². The molecule has 0 aromatic carbocycles. The van der Waals surface area contributed by atoms with Gasteiger partial charge in [-0.25, -0.2) is 0 Å². The number of rotatable bonds is 3. The molecule has 0 amide bonds. The fourth-order valence-electron chi connectivity index (χ4n) is 4.53. The van der Waals surface area contributed by atoms with E-state index in [-0.39, 0.29) is 11.7 Å². The second kappa shape index (κ2) is 4.40. The monoisotopic (exact) mass is 306 g/mol. The van der Waals surface area contributed by atoms with Crippen molar-refractivity contribution in [1.82, 2.24) is 0 Å². The zero-order valence-electron chi connectivity index (χ0n) is 13.8. The summed E-state index contributed by atoms with van der Waals surface area (Å²) in [5.41, 5.74) is 0.961. The van der Waals surface area contributed by atoms with Crippen LogP contribution in [0.15, 0.2) is 23.4 Å². The molecule has 0 spiro atoms. The van der Waals surface area contributed by atoms with E-state index in [0.29, 0.717) is 18.1 Å². The van der Waals surface area contributed by atoms with E-state index in [9.17, 15) is 4.79 Å². The highest BCUT2D eigenvalue weighted by atomic mass is 28.3. The summed E-state index contributed by atoms with van der Waals surface area (Å²) in [5, 5.41) is 1.12. The Hall–Kier alpha value is -0.713. The van der Waals surface area contributed by atoms with Crippen LogP contribution in [0.25, 0.3) is 0 Å². The van der Waals surface area contributed by atoms with Gasteiger partial charge < -0.3 is 9.47 Å². The van der Waals surface area contributed by atoms with Crippen molar-refractivity contribution < 1.29 is 14.3 Å². The molecule has 3 nitrogen and oxygen atoms in total. The highest BCUT2D eigenvalue weighted by Gasteiger charge is 2.63. The van der Waals surface area contributed by atoms with Crippen LogP contribution in [0.1, 0.15) is 33.1 Å². The standard InChI is InChI=1S/C17H26O3Si/c1-7-8-17-10-11-9-12(18)14(21(4,5)6)13(11)15(17)19-16(2,3)20-17/h7,11,15H,1,8-10H2,2-6H3/t11-,15+,17-/m0/s1. The second-order valence-corrected chi connectivity index (χ2v) is 13.2. The van der Waals surface area contributed by atoms with Gasteiger partial charge in [0.1, 0.15) is 11.7 Å². The SMILES string of the molecule is C=CC[C@]12C[C@@H]3CC(=O)C([Si](C)(C)C)=C3[C@H]1OC(C)(C)O2. The van der Waals surface area contributed by atoms with Gasteiger partial charge >= 0.3 is 0 Å². The minimum Gasteiger partial charge on any atom is -0.341 e. The number of Topliss-reactive ketones (excluding diaryl/α,β-unsaturated/α-hetero) is 1. The quantitative estimate of drug-likeness (QED) is 0.590. The molecule has 2 fully saturated rings. The van der Waals surface area contributed by atoms with Crippen molar-refractivity contribution in [1.29, 1.82) is 0 Å². The molecule has 3 atom stereocenters. The van der Waals surface area contributed by atoms with Crippen LogP contribution in [0.3, 0.4) is 0 Å². The molecule has 1 saturated heterocycles. The van der Waals surface area contributed by atoms with Crippen LogP contribution in [-0.4, -0.2) is 31.3 Å². The summed E-state index contributed by atoms with van der Waals surface area (Å²) in [6, 6.07) is 0. The van der Waals surface area contributed by atoms with Crippen LogP contribution >= 0.6 is 0 Å². The van der Waals surface area contributed by atoms with Crippen molar-refractivity contribution in [3.05, 3.63) is 23.4 Å². The maximum absolute atomic E-state index is 12.5. The van der Waals surface area contributed by atoms with Gasteiger partial charge in [0.05, 0.1) is 8.07 Å². The van der Waals surface area contributed by atoms with Crippen LogP contribution < -0.4 is 0 Å². The molecular weight excluding hydrogens is 280 g/mol. The van der Waals surface area contributed by atoms with Gasteiger partial charge in [-0.15, -0.1) is 6.58 Å². The predicted octanol–water partition coefficient (Wildman–Crippen LogP) is 3.62. The number of hydrogen-bond donors (Lipinski definition) is 0. The lowest BCUT2D eigenvalue weighted by molar-refractivity contribution is -0.167. The van der Waals surface area contributed by atoms with Gasteiger partial charge in [-0.3, -0.25) is 4.79 Å². The first-order valence-corrected chi connectivity index (χ1v) is 11.4. The molecule has 1 saturated carbocycles. The lowest BCUT2D eigenvalue weighted by Crippen LogP contribution is -2.38. The average molecular weight is 306 g/mol. The molecule has 0 radical (unpaired) electrons. The summed E-state index contributed by atoms with van der Waals surface area (Å²) in [7, 11) is -1.67.